The lowest BCUT2D eigenvalue weighted by Crippen LogP contribution is -2.23. The molecule has 0 heterocycles. The van der Waals surface area contributed by atoms with Gasteiger partial charge in [-0.15, -0.1) is 0 Å². The summed E-state index contributed by atoms with van der Waals surface area (Å²) in [6, 6.07) is 10.2. The zero-order chi connectivity index (χ0) is 15.6. The third kappa shape index (κ3) is 3.53. The van der Waals surface area contributed by atoms with Crippen LogP contribution in [0.15, 0.2) is 47.4 Å². The molecule has 2 rings (SSSR count). The summed E-state index contributed by atoms with van der Waals surface area (Å²) in [6.07, 6.45) is 0. The number of carbonyl (C=O) groups excluding carboxylic acids is 1. The highest BCUT2D eigenvalue weighted by Gasteiger charge is 2.16. The minimum absolute atomic E-state index is 0.0792. The molecule has 0 radical (unpaired) electrons. The van der Waals surface area contributed by atoms with Gasteiger partial charge in [0, 0.05) is 16.3 Å². The van der Waals surface area contributed by atoms with Gasteiger partial charge in [-0.1, -0.05) is 23.7 Å². The predicted molar refractivity (Wildman–Crippen MR) is 77.8 cm³/mol. The van der Waals surface area contributed by atoms with E-state index in [2.05, 4.69) is 4.72 Å². The molecule has 2 aromatic rings. The number of sulfonamides is 1. The van der Waals surface area contributed by atoms with Crippen LogP contribution < -0.4 is 9.83 Å². The van der Waals surface area contributed by atoms with Gasteiger partial charge in [-0.05, 0) is 42.8 Å². The molecular formula is C14H11ClNO4S-. The van der Waals surface area contributed by atoms with Crippen molar-refractivity contribution in [2.45, 2.75) is 11.8 Å². The van der Waals surface area contributed by atoms with Gasteiger partial charge >= 0.3 is 0 Å². The highest BCUT2D eigenvalue weighted by atomic mass is 35.5. The van der Waals surface area contributed by atoms with Gasteiger partial charge < -0.3 is 9.90 Å². The van der Waals surface area contributed by atoms with Crippen molar-refractivity contribution in [3.8, 4) is 0 Å². The summed E-state index contributed by atoms with van der Waals surface area (Å²) in [5.74, 6) is -1.53. The average Bonchev–Trinajstić information content (AvgIpc) is 2.38. The van der Waals surface area contributed by atoms with Crippen LogP contribution in [0, 0.1) is 6.92 Å². The fourth-order valence-electron chi connectivity index (χ4n) is 1.75. The van der Waals surface area contributed by atoms with Gasteiger partial charge in [-0.2, -0.15) is 0 Å². The fraction of sp³-hybridized carbons (Fsp3) is 0.0714. The predicted octanol–water partition coefficient (Wildman–Crippen LogP) is 1.81. The van der Waals surface area contributed by atoms with Crippen molar-refractivity contribution in [3.63, 3.8) is 0 Å². The van der Waals surface area contributed by atoms with Crippen molar-refractivity contribution in [2.75, 3.05) is 4.72 Å². The Morgan fingerprint density at radius 1 is 1.19 bits per heavy atom. The Balaban J connectivity index is 2.40. The molecule has 0 aromatic heterocycles. The van der Waals surface area contributed by atoms with E-state index in [4.69, 9.17) is 11.6 Å². The van der Waals surface area contributed by atoms with E-state index < -0.39 is 16.0 Å². The van der Waals surface area contributed by atoms with Gasteiger partial charge in [0.05, 0.1) is 10.9 Å². The van der Waals surface area contributed by atoms with Crippen LogP contribution in [-0.4, -0.2) is 14.4 Å². The van der Waals surface area contributed by atoms with E-state index in [1.54, 1.807) is 18.2 Å². The number of aryl methyl sites for hydroxylation is 1. The lowest BCUT2D eigenvalue weighted by Gasteiger charge is -2.11. The van der Waals surface area contributed by atoms with E-state index in [9.17, 15) is 18.3 Å². The topological polar surface area (TPSA) is 86.3 Å². The Kier molecular flexibility index (Phi) is 4.20. The summed E-state index contributed by atoms with van der Waals surface area (Å²) in [6.45, 7) is 1.83. The zero-order valence-electron chi connectivity index (χ0n) is 11.0. The fourth-order valence-corrected chi connectivity index (χ4v) is 3.02. The molecule has 0 unspecified atom stereocenters. The standard InChI is InChI=1S/C14H12ClNO4S/c1-9-3-2-4-10(7-9)16-21(19,20)11-5-6-13(15)12(8-11)14(17)18/h2-8,16H,1H3,(H,17,18)/p-1. The second-order valence-electron chi connectivity index (χ2n) is 4.40. The molecule has 21 heavy (non-hydrogen) atoms. The summed E-state index contributed by atoms with van der Waals surface area (Å²) < 4.78 is 26.8. The Morgan fingerprint density at radius 3 is 2.52 bits per heavy atom. The van der Waals surface area contributed by atoms with Crippen LogP contribution in [0.25, 0.3) is 0 Å². The SMILES string of the molecule is Cc1cccc(NS(=O)(=O)c2ccc(Cl)c(C(=O)[O-])c2)c1. The van der Waals surface area contributed by atoms with Crippen LogP contribution in [0.5, 0.6) is 0 Å². The maximum atomic E-state index is 12.2. The van der Waals surface area contributed by atoms with Gasteiger partial charge in [0.25, 0.3) is 10.0 Å². The molecule has 110 valence electrons. The first kappa shape index (κ1) is 15.3. The number of benzene rings is 2. The number of hydrogen-bond donors (Lipinski definition) is 1. The van der Waals surface area contributed by atoms with E-state index in [0.29, 0.717) is 5.69 Å². The maximum absolute atomic E-state index is 12.2. The molecule has 0 aliphatic rings. The number of halogens is 1. The first-order chi connectivity index (χ1) is 9.79. The number of hydrogen-bond acceptors (Lipinski definition) is 4. The van der Waals surface area contributed by atoms with Gasteiger partial charge in [0.15, 0.2) is 0 Å². The summed E-state index contributed by atoms with van der Waals surface area (Å²) in [5.41, 5.74) is 0.908. The minimum Gasteiger partial charge on any atom is -0.545 e. The smallest absolute Gasteiger partial charge is 0.261 e. The molecule has 0 spiro atoms. The summed E-state index contributed by atoms with van der Waals surface area (Å²) in [4.78, 5) is 10.7. The van der Waals surface area contributed by atoms with Crippen molar-refractivity contribution >= 4 is 33.3 Å². The van der Waals surface area contributed by atoms with Crippen LogP contribution in [0.4, 0.5) is 5.69 Å². The molecule has 0 fully saturated rings. The summed E-state index contributed by atoms with van der Waals surface area (Å²) in [5, 5.41) is 10.8. The first-order valence-corrected chi connectivity index (χ1v) is 7.76. The van der Waals surface area contributed by atoms with E-state index in [-0.39, 0.29) is 15.5 Å². The molecule has 1 N–H and O–H groups in total. The third-order valence-corrected chi connectivity index (χ3v) is 4.45. The van der Waals surface area contributed by atoms with Crippen LogP contribution in [0.3, 0.4) is 0 Å². The average molecular weight is 325 g/mol. The number of carboxylic acids is 1. The highest BCUT2D eigenvalue weighted by Crippen LogP contribution is 2.22. The van der Waals surface area contributed by atoms with Gasteiger partial charge in [-0.3, -0.25) is 4.72 Å². The summed E-state index contributed by atoms with van der Waals surface area (Å²) in [7, 11) is -3.90. The quantitative estimate of drug-likeness (QED) is 0.929. The molecule has 0 saturated carbocycles. The molecule has 5 nitrogen and oxygen atoms in total. The number of carboxylic acid groups (broad SMARTS) is 1. The van der Waals surface area contributed by atoms with Crippen molar-refractivity contribution in [2.24, 2.45) is 0 Å². The van der Waals surface area contributed by atoms with Gasteiger partial charge in [-0.25, -0.2) is 8.42 Å². The summed E-state index contributed by atoms with van der Waals surface area (Å²) >= 11 is 5.69. The Morgan fingerprint density at radius 2 is 1.90 bits per heavy atom. The second-order valence-corrected chi connectivity index (χ2v) is 6.49. The maximum Gasteiger partial charge on any atom is 0.261 e. The number of rotatable bonds is 4. The second kappa shape index (κ2) is 5.75. The van der Waals surface area contributed by atoms with Crippen LogP contribution in [0.1, 0.15) is 15.9 Å². The third-order valence-electron chi connectivity index (χ3n) is 2.74. The van der Waals surface area contributed by atoms with Crippen molar-refractivity contribution < 1.29 is 18.3 Å². The van der Waals surface area contributed by atoms with Crippen LogP contribution in [0.2, 0.25) is 5.02 Å². The van der Waals surface area contributed by atoms with Gasteiger partial charge in [0.2, 0.25) is 0 Å². The van der Waals surface area contributed by atoms with Crippen LogP contribution in [-0.2, 0) is 10.0 Å². The van der Waals surface area contributed by atoms with Crippen molar-refractivity contribution in [3.05, 3.63) is 58.6 Å². The molecule has 0 aliphatic carbocycles. The number of anilines is 1. The molecule has 7 heteroatoms. The Hall–Kier alpha value is -2.05. The molecule has 0 saturated heterocycles. The van der Waals surface area contributed by atoms with Gasteiger partial charge in [0.1, 0.15) is 0 Å². The molecular weight excluding hydrogens is 314 g/mol. The molecule has 0 aliphatic heterocycles. The first-order valence-electron chi connectivity index (χ1n) is 5.90. The van der Waals surface area contributed by atoms with E-state index >= 15 is 0 Å². The minimum atomic E-state index is -3.90. The largest absolute Gasteiger partial charge is 0.545 e. The molecule has 0 amide bonds. The normalized spacial score (nSPS) is 11.1. The monoisotopic (exact) mass is 324 g/mol. The van der Waals surface area contributed by atoms with Crippen molar-refractivity contribution in [1.82, 2.24) is 0 Å². The number of aromatic carboxylic acids is 1. The van der Waals surface area contributed by atoms with E-state index in [0.717, 1.165) is 11.6 Å². The lowest BCUT2D eigenvalue weighted by atomic mass is 10.2. The van der Waals surface area contributed by atoms with E-state index in [1.807, 2.05) is 13.0 Å². The number of nitrogens with one attached hydrogen (secondary N) is 1. The molecule has 0 atom stereocenters. The number of carbonyl (C=O) groups is 1. The highest BCUT2D eigenvalue weighted by molar-refractivity contribution is 7.92. The van der Waals surface area contributed by atoms with E-state index in [1.165, 1.54) is 12.1 Å². The Labute approximate surface area is 127 Å². The van der Waals surface area contributed by atoms with Crippen LogP contribution >= 0.6 is 11.6 Å². The molecule has 0 bridgehead atoms. The Bertz CT molecular complexity index is 802. The van der Waals surface area contributed by atoms with Crippen molar-refractivity contribution in [1.29, 1.82) is 0 Å². The zero-order valence-corrected chi connectivity index (χ0v) is 12.5. The molecule has 2 aromatic carbocycles. The lowest BCUT2D eigenvalue weighted by molar-refractivity contribution is -0.255.